The molecule has 1 heterocycles. The predicted octanol–water partition coefficient (Wildman–Crippen LogP) is 5.23. The zero-order valence-corrected chi connectivity index (χ0v) is 15.4. The van der Waals surface area contributed by atoms with Crippen LogP contribution in [0, 0.1) is 13.8 Å². The van der Waals surface area contributed by atoms with Crippen molar-refractivity contribution in [1.29, 1.82) is 0 Å². The second kappa shape index (κ2) is 7.43. The van der Waals surface area contributed by atoms with Crippen LogP contribution in [-0.2, 0) is 0 Å². The molecule has 2 aromatic rings. The average Bonchev–Trinajstić information content (AvgIpc) is 2.78. The van der Waals surface area contributed by atoms with E-state index in [2.05, 4.69) is 66.3 Å². The molecule has 1 unspecified atom stereocenters. The fourth-order valence-electron chi connectivity index (χ4n) is 2.50. The molecule has 0 saturated heterocycles. The molecule has 2 rings (SSSR count). The maximum Gasteiger partial charge on any atom is 0.124 e. The van der Waals surface area contributed by atoms with E-state index >= 15 is 0 Å². The molecule has 0 aliphatic rings. The van der Waals surface area contributed by atoms with Crippen LogP contribution in [0.15, 0.2) is 28.1 Å². The Labute approximate surface area is 139 Å². The fraction of sp³-hybridized carbons (Fsp3) is 0.412. The van der Waals surface area contributed by atoms with E-state index in [0.717, 1.165) is 18.7 Å². The topological polar surface area (TPSA) is 21.3 Å². The van der Waals surface area contributed by atoms with Crippen molar-refractivity contribution in [2.75, 3.05) is 13.7 Å². The van der Waals surface area contributed by atoms with Gasteiger partial charge >= 0.3 is 0 Å². The van der Waals surface area contributed by atoms with Crippen LogP contribution in [-0.4, -0.2) is 13.7 Å². The van der Waals surface area contributed by atoms with Crippen molar-refractivity contribution < 1.29 is 4.74 Å². The van der Waals surface area contributed by atoms with Gasteiger partial charge in [0.1, 0.15) is 5.75 Å². The molecule has 1 atom stereocenters. The first-order valence-electron chi connectivity index (χ1n) is 7.20. The van der Waals surface area contributed by atoms with Crippen molar-refractivity contribution in [2.45, 2.75) is 33.2 Å². The average molecular weight is 368 g/mol. The molecule has 114 valence electrons. The Morgan fingerprint density at radius 1 is 1.24 bits per heavy atom. The van der Waals surface area contributed by atoms with Crippen molar-refractivity contribution in [3.05, 3.63) is 49.6 Å². The third kappa shape index (κ3) is 3.87. The summed E-state index contributed by atoms with van der Waals surface area (Å²) in [4.78, 5) is 1.33. The molecular formula is C17H22BrNOS. The van der Waals surface area contributed by atoms with Gasteiger partial charge in [0.25, 0.3) is 0 Å². The maximum atomic E-state index is 5.58. The van der Waals surface area contributed by atoms with Crippen molar-refractivity contribution >= 4 is 27.3 Å². The van der Waals surface area contributed by atoms with Gasteiger partial charge in [0, 0.05) is 10.4 Å². The highest BCUT2D eigenvalue weighted by Crippen LogP contribution is 2.37. The number of thiophene rings is 1. The molecule has 4 heteroatoms. The Bertz CT molecular complexity index is 609. The van der Waals surface area contributed by atoms with Gasteiger partial charge in [-0.3, -0.25) is 0 Å². The van der Waals surface area contributed by atoms with E-state index in [1.54, 1.807) is 18.4 Å². The largest absolute Gasteiger partial charge is 0.496 e. The number of benzene rings is 1. The molecular weight excluding hydrogens is 346 g/mol. The van der Waals surface area contributed by atoms with Gasteiger partial charge in [0.2, 0.25) is 0 Å². The molecule has 0 bridgehead atoms. The van der Waals surface area contributed by atoms with E-state index in [9.17, 15) is 0 Å². The molecule has 1 aromatic carbocycles. The minimum Gasteiger partial charge on any atom is -0.496 e. The summed E-state index contributed by atoms with van der Waals surface area (Å²) in [6.07, 6.45) is 1.11. The van der Waals surface area contributed by atoms with Crippen molar-refractivity contribution in [1.82, 2.24) is 5.32 Å². The molecule has 2 nitrogen and oxygen atoms in total. The Morgan fingerprint density at radius 2 is 2.00 bits per heavy atom. The summed E-state index contributed by atoms with van der Waals surface area (Å²) in [6.45, 7) is 7.46. The van der Waals surface area contributed by atoms with Crippen LogP contribution in [0.1, 0.15) is 41.0 Å². The molecule has 0 fully saturated rings. The van der Waals surface area contributed by atoms with Gasteiger partial charge in [-0.1, -0.05) is 24.6 Å². The summed E-state index contributed by atoms with van der Waals surface area (Å²) in [6, 6.07) is 8.76. The lowest BCUT2D eigenvalue weighted by atomic mass is 9.96. The first-order chi connectivity index (χ1) is 10.1. The van der Waals surface area contributed by atoms with E-state index in [1.807, 2.05) is 0 Å². The van der Waals surface area contributed by atoms with Crippen LogP contribution in [0.25, 0.3) is 0 Å². The van der Waals surface area contributed by atoms with Gasteiger partial charge in [-0.2, -0.15) is 0 Å². The molecule has 0 spiro atoms. The van der Waals surface area contributed by atoms with Gasteiger partial charge in [-0.25, -0.2) is 0 Å². The second-order valence-corrected chi connectivity index (χ2v) is 7.83. The molecule has 1 N–H and O–H groups in total. The summed E-state index contributed by atoms with van der Waals surface area (Å²) in [5, 5.41) is 3.66. The predicted molar refractivity (Wildman–Crippen MR) is 94.6 cm³/mol. The summed E-state index contributed by atoms with van der Waals surface area (Å²) in [5.74, 6) is 0.941. The standard InChI is InChI=1S/C17H22BrNOS/c1-5-8-19-17(13-10-16(18)21-12(13)3)14-9-11(2)6-7-15(14)20-4/h6-7,9-10,17,19H,5,8H2,1-4H3. The summed E-state index contributed by atoms with van der Waals surface area (Å²) in [7, 11) is 1.74. The van der Waals surface area contributed by atoms with Crippen LogP contribution in [0.3, 0.4) is 0 Å². The van der Waals surface area contributed by atoms with Gasteiger partial charge in [-0.05, 0) is 60.4 Å². The molecule has 0 radical (unpaired) electrons. The van der Waals surface area contributed by atoms with E-state index < -0.39 is 0 Å². The number of nitrogens with one attached hydrogen (secondary N) is 1. The highest BCUT2D eigenvalue weighted by molar-refractivity contribution is 9.11. The second-order valence-electron chi connectivity index (χ2n) is 5.19. The number of aryl methyl sites for hydroxylation is 2. The van der Waals surface area contributed by atoms with E-state index in [-0.39, 0.29) is 6.04 Å². The number of methoxy groups -OCH3 is 1. The minimum absolute atomic E-state index is 0.169. The van der Waals surface area contributed by atoms with Gasteiger partial charge in [0.15, 0.2) is 0 Å². The fourth-order valence-corrected chi connectivity index (χ4v) is 4.25. The van der Waals surface area contributed by atoms with Crippen LogP contribution in [0.2, 0.25) is 0 Å². The highest BCUT2D eigenvalue weighted by atomic mass is 79.9. The van der Waals surface area contributed by atoms with Gasteiger partial charge in [-0.15, -0.1) is 11.3 Å². The van der Waals surface area contributed by atoms with Crippen LogP contribution < -0.4 is 10.1 Å². The first kappa shape index (κ1) is 16.5. The van der Waals surface area contributed by atoms with E-state index in [4.69, 9.17) is 4.74 Å². The minimum atomic E-state index is 0.169. The Kier molecular flexibility index (Phi) is 5.85. The smallest absolute Gasteiger partial charge is 0.124 e. The van der Waals surface area contributed by atoms with E-state index in [1.165, 1.54) is 25.4 Å². The van der Waals surface area contributed by atoms with Crippen molar-refractivity contribution in [2.24, 2.45) is 0 Å². The summed E-state index contributed by atoms with van der Waals surface area (Å²) < 4.78 is 6.75. The summed E-state index contributed by atoms with van der Waals surface area (Å²) >= 11 is 5.38. The quantitative estimate of drug-likeness (QED) is 0.754. The van der Waals surface area contributed by atoms with Crippen LogP contribution >= 0.6 is 27.3 Å². The molecule has 0 aliphatic heterocycles. The number of rotatable bonds is 6. The number of hydrogen-bond acceptors (Lipinski definition) is 3. The van der Waals surface area contributed by atoms with E-state index in [0.29, 0.717) is 0 Å². The monoisotopic (exact) mass is 367 g/mol. The lowest BCUT2D eigenvalue weighted by Crippen LogP contribution is -2.24. The Morgan fingerprint density at radius 3 is 2.57 bits per heavy atom. The zero-order valence-electron chi connectivity index (χ0n) is 13.0. The lowest BCUT2D eigenvalue weighted by molar-refractivity contribution is 0.403. The summed E-state index contributed by atoms with van der Waals surface area (Å²) in [5.41, 5.74) is 3.78. The molecule has 0 saturated carbocycles. The van der Waals surface area contributed by atoms with Crippen molar-refractivity contribution in [3.63, 3.8) is 0 Å². The number of hydrogen-bond donors (Lipinski definition) is 1. The third-order valence-electron chi connectivity index (χ3n) is 3.53. The van der Waals surface area contributed by atoms with Gasteiger partial charge < -0.3 is 10.1 Å². The first-order valence-corrected chi connectivity index (χ1v) is 8.81. The normalized spacial score (nSPS) is 12.4. The van der Waals surface area contributed by atoms with Crippen LogP contribution in [0.5, 0.6) is 5.75 Å². The van der Waals surface area contributed by atoms with Gasteiger partial charge in [0.05, 0.1) is 16.9 Å². The lowest BCUT2D eigenvalue weighted by Gasteiger charge is -2.22. The SMILES string of the molecule is CCCNC(c1cc(C)ccc1OC)c1cc(Br)sc1C. The number of ether oxygens (including phenoxy) is 1. The number of halogens is 1. The van der Waals surface area contributed by atoms with Crippen molar-refractivity contribution in [3.8, 4) is 5.75 Å². The Hall–Kier alpha value is -0.840. The third-order valence-corrected chi connectivity index (χ3v) is 5.10. The Balaban J connectivity index is 2.50. The maximum absolute atomic E-state index is 5.58. The zero-order chi connectivity index (χ0) is 15.4. The highest BCUT2D eigenvalue weighted by Gasteiger charge is 2.21. The van der Waals surface area contributed by atoms with Crippen LogP contribution in [0.4, 0.5) is 0 Å². The molecule has 0 amide bonds. The molecule has 21 heavy (non-hydrogen) atoms. The molecule has 1 aromatic heterocycles. The molecule has 0 aliphatic carbocycles.